The summed E-state index contributed by atoms with van der Waals surface area (Å²) in [7, 11) is 4.13. The first-order valence-electron chi connectivity index (χ1n) is 7.09. The maximum Gasteiger partial charge on any atom is 0.0897 e. The van der Waals surface area contributed by atoms with Crippen LogP contribution in [0.3, 0.4) is 0 Å². The number of aryl methyl sites for hydroxylation is 1. The Labute approximate surface area is 126 Å². The van der Waals surface area contributed by atoms with Gasteiger partial charge in [-0.15, -0.1) is 11.3 Å². The molecule has 0 radical (unpaired) electrons. The zero-order valence-corrected chi connectivity index (χ0v) is 13.6. The zero-order valence-electron chi connectivity index (χ0n) is 12.8. The lowest BCUT2D eigenvalue weighted by atomic mass is 10.3. The van der Waals surface area contributed by atoms with Crippen LogP contribution in [-0.4, -0.2) is 68.0 Å². The smallest absolute Gasteiger partial charge is 0.0897 e. The van der Waals surface area contributed by atoms with Gasteiger partial charge in [0.25, 0.3) is 0 Å². The first-order valence-corrected chi connectivity index (χ1v) is 7.97. The van der Waals surface area contributed by atoms with Gasteiger partial charge in [-0.3, -0.25) is 0 Å². The number of aromatic nitrogens is 1. The number of hydrogen-bond acceptors (Lipinski definition) is 6. The Hall–Kier alpha value is -0.530. The predicted octanol–water partition coefficient (Wildman–Crippen LogP) is 0.913. The van der Waals surface area contributed by atoms with Crippen LogP contribution in [0, 0.1) is 6.92 Å². The van der Waals surface area contributed by atoms with E-state index in [1.54, 1.807) is 11.3 Å². The van der Waals surface area contributed by atoms with Crippen LogP contribution in [0.2, 0.25) is 0 Å². The van der Waals surface area contributed by atoms with Gasteiger partial charge in [0.15, 0.2) is 0 Å². The van der Waals surface area contributed by atoms with E-state index in [1.165, 1.54) is 4.88 Å². The highest BCUT2D eigenvalue weighted by Crippen LogP contribution is 2.12. The van der Waals surface area contributed by atoms with Crippen molar-refractivity contribution in [2.75, 3.05) is 46.9 Å². The summed E-state index contributed by atoms with van der Waals surface area (Å²) in [5.74, 6) is 0. The van der Waals surface area contributed by atoms with Crippen molar-refractivity contribution in [2.45, 2.75) is 25.9 Å². The van der Waals surface area contributed by atoms with Crippen LogP contribution >= 0.6 is 11.3 Å². The summed E-state index contributed by atoms with van der Waals surface area (Å²) in [6.07, 6.45) is 1.53. The van der Waals surface area contributed by atoms with Crippen molar-refractivity contribution in [3.63, 3.8) is 0 Å². The fraction of sp³-hybridized carbons (Fsp3) is 0.786. The maximum atomic E-state index is 9.76. The van der Waals surface area contributed by atoms with Crippen LogP contribution in [0.4, 0.5) is 0 Å². The molecule has 0 aliphatic carbocycles. The monoisotopic (exact) mass is 301 g/mol. The molecule has 1 atom stereocenters. The molecule has 0 saturated heterocycles. The molecular formula is C14H27N3O2S. The highest BCUT2D eigenvalue weighted by molar-refractivity contribution is 7.09. The van der Waals surface area contributed by atoms with Crippen molar-refractivity contribution in [1.29, 1.82) is 0 Å². The molecule has 116 valence electrons. The number of hydrogen-bond donors (Lipinski definition) is 2. The Morgan fingerprint density at radius 3 is 2.95 bits per heavy atom. The van der Waals surface area contributed by atoms with E-state index in [2.05, 4.69) is 29.3 Å². The largest absolute Gasteiger partial charge is 0.389 e. The fourth-order valence-electron chi connectivity index (χ4n) is 1.80. The van der Waals surface area contributed by atoms with Crippen molar-refractivity contribution in [2.24, 2.45) is 0 Å². The maximum absolute atomic E-state index is 9.76. The number of nitrogens with one attached hydrogen (secondary N) is 1. The van der Waals surface area contributed by atoms with Gasteiger partial charge >= 0.3 is 0 Å². The molecule has 0 aromatic carbocycles. The number of aliphatic hydroxyl groups is 1. The summed E-state index contributed by atoms with van der Waals surface area (Å²) >= 11 is 1.66. The average molecular weight is 301 g/mol. The number of ether oxygens (including phenoxy) is 1. The summed E-state index contributed by atoms with van der Waals surface area (Å²) in [5.41, 5.74) is 2.94. The second-order valence-corrected chi connectivity index (χ2v) is 6.14. The fourth-order valence-corrected chi connectivity index (χ4v) is 2.56. The molecule has 0 aliphatic heterocycles. The van der Waals surface area contributed by atoms with E-state index in [1.807, 2.05) is 12.4 Å². The quantitative estimate of drug-likeness (QED) is 0.595. The Bertz CT molecular complexity index is 358. The topological polar surface area (TPSA) is 57.6 Å². The summed E-state index contributed by atoms with van der Waals surface area (Å²) in [6, 6.07) is 0. The number of thiazole rings is 1. The molecule has 1 rings (SSSR count). The van der Waals surface area contributed by atoms with E-state index in [0.717, 1.165) is 31.6 Å². The third kappa shape index (κ3) is 7.91. The van der Waals surface area contributed by atoms with Crippen LogP contribution in [0.5, 0.6) is 0 Å². The van der Waals surface area contributed by atoms with Gasteiger partial charge in [-0.25, -0.2) is 4.98 Å². The van der Waals surface area contributed by atoms with Crippen LogP contribution in [0.15, 0.2) is 5.51 Å². The molecule has 6 heteroatoms. The molecule has 1 aromatic heterocycles. The molecule has 1 unspecified atom stereocenters. The third-order valence-corrected chi connectivity index (χ3v) is 3.96. The van der Waals surface area contributed by atoms with Crippen molar-refractivity contribution < 1.29 is 9.84 Å². The minimum Gasteiger partial charge on any atom is -0.389 e. The molecule has 5 nitrogen and oxygen atoms in total. The highest BCUT2D eigenvalue weighted by atomic mass is 32.1. The molecule has 0 fully saturated rings. The minimum absolute atomic E-state index is 0.387. The molecule has 0 saturated carbocycles. The first-order chi connectivity index (χ1) is 9.59. The first kappa shape index (κ1) is 17.5. The van der Waals surface area contributed by atoms with E-state index in [4.69, 9.17) is 4.74 Å². The minimum atomic E-state index is -0.433. The second-order valence-electron chi connectivity index (χ2n) is 5.20. The lowest BCUT2D eigenvalue weighted by Gasteiger charge is -2.13. The summed E-state index contributed by atoms with van der Waals surface area (Å²) < 4.78 is 5.50. The molecule has 0 spiro atoms. The predicted molar refractivity (Wildman–Crippen MR) is 83.4 cm³/mol. The molecular weight excluding hydrogens is 274 g/mol. The van der Waals surface area contributed by atoms with E-state index < -0.39 is 6.10 Å². The number of rotatable bonds is 11. The third-order valence-electron chi connectivity index (χ3n) is 2.97. The number of aliphatic hydroxyl groups excluding tert-OH is 1. The van der Waals surface area contributed by atoms with Crippen LogP contribution < -0.4 is 5.32 Å². The van der Waals surface area contributed by atoms with Crippen LogP contribution in [0.25, 0.3) is 0 Å². The highest BCUT2D eigenvalue weighted by Gasteiger charge is 2.05. The summed E-state index contributed by atoms with van der Waals surface area (Å²) in [6.45, 7) is 5.62. The zero-order chi connectivity index (χ0) is 14.8. The molecule has 1 heterocycles. The SMILES string of the molecule is Cc1ncsc1CCOCC(O)CNCCCN(C)C. The van der Waals surface area contributed by atoms with Crippen molar-refractivity contribution >= 4 is 11.3 Å². The summed E-state index contributed by atoms with van der Waals surface area (Å²) in [4.78, 5) is 7.62. The Morgan fingerprint density at radius 2 is 2.30 bits per heavy atom. The van der Waals surface area contributed by atoms with E-state index >= 15 is 0 Å². The molecule has 0 bridgehead atoms. The molecule has 0 aliphatic rings. The van der Waals surface area contributed by atoms with E-state index in [0.29, 0.717) is 19.8 Å². The van der Waals surface area contributed by atoms with Crippen molar-refractivity contribution in [1.82, 2.24) is 15.2 Å². The molecule has 2 N–H and O–H groups in total. The van der Waals surface area contributed by atoms with Crippen molar-refractivity contribution in [3.8, 4) is 0 Å². The Morgan fingerprint density at radius 1 is 1.50 bits per heavy atom. The lowest BCUT2D eigenvalue weighted by Crippen LogP contribution is -2.32. The summed E-state index contributed by atoms with van der Waals surface area (Å²) in [5, 5.41) is 13.0. The van der Waals surface area contributed by atoms with Crippen molar-refractivity contribution in [3.05, 3.63) is 16.1 Å². The van der Waals surface area contributed by atoms with Gasteiger partial charge in [-0.1, -0.05) is 0 Å². The van der Waals surface area contributed by atoms with E-state index in [-0.39, 0.29) is 0 Å². The van der Waals surface area contributed by atoms with Gasteiger partial charge < -0.3 is 20.1 Å². The van der Waals surface area contributed by atoms with Gasteiger partial charge in [0, 0.05) is 17.8 Å². The number of nitrogens with zero attached hydrogens (tertiary/aromatic N) is 2. The van der Waals surface area contributed by atoms with Gasteiger partial charge in [0.05, 0.1) is 30.5 Å². The second kappa shape index (κ2) is 10.2. The standard InChI is InChI=1S/C14H27N3O2S/c1-12-14(20-11-16-12)5-8-19-10-13(18)9-15-6-4-7-17(2)3/h11,13,15,18H,4-10H2,1-3H3. The molecule has 1 aromatic rings. The lowest BCUT2D eigenvalue weighted by molar-refractivity contribution is 0.0385. The van der Waals surface area contributed by atoms with Crippen LogP contribution in [0.1, 0.15) is 17.0 Å². The molecule has 20 heavy (non-hydrogen) atoms. The molecule has 0 amide bonds. The average Bonchev–Trinajstić information content (AvgIpc) is 2.79. The van der Waals surface area contributed by atoms with Gasteiger partial charge in [0.1, 0.15) is 0 Å². The van der Waals surface area contributed by atoms with Gasteiger partial charge in [0.2, 0.25) is 0 Å². The Balaban J connectivity index is 1.95. The van der Waals surface area contributed by atoms with Crippen LogP contribution in [-0.2, 0) is 11.2 Å². The van der Waals surface area contributed by atoms with Gasteiger partial charge in [-0.2, -0.15) is 0 Å². The Kier molecular flexibility index (Phi) is 8.97. The van der Waals surface area contributed by atoms with E-state index in [9.17, 15) is 5.11 Å². The van der Waals surface area contributed by atoms with Gasteiger partial charge in [-0.05, 0) is 40.5 Å². The normalized spacial score (nSPS) is 13.1.